The van der Waals surface area contributed by atoms with Crippen molar-refractivity contribution < 1.29 is 4.79 Å². The van der Waals surface area contributed by atoms with Gasteiger partial charge in [0.2, 0.25) is 0 Å². The van der Waals surface area contributed by atoms with Crippen LogP contribution in [0.4, 0.5) is 10.6 Å². The smallest absolute Gasteiger partial charge is 0.320 e. The highest BCUT2D eigenvalue weighted by Gasteiger charge is 2.17. The van der Waals surface area contributed by atoms with Crippen molar-refractivity contribution in [3.8, 4) is 0 Å². The normalized spacial score (nSPS) is 15.2. The largest absolute Gasteiger partial charge is 0.332 e. The second kappa shape index (κ2) is 1.94. The fourth-order valence-corrected chi connectivity index (χ4v) is 0.979. The Morgan fingerprint density at radius 3 is 3.18 bits per heavy atom. The van der Waals surface area contributed by atoms with Crippen LogP contribution in [0.15, 0.2) is 0 Å². The van der Waals surface area contributed by atoms with Crippen molar-refractivity contribution >= 4 is 11.8 Å². The summed E-state index contributed by atoms with van der Waals surface area (Å²) in [6.07, 6.45) is 0. The third-order valence-electron chi connectivity index (χ3n) is 1.43. The van der Waals surface area contributed by atoms with Crippen LogP contribution in [0.3, 0.4) is 0 Å². The zero-order valence-electron chi connectivity index (χ0n) is 5.96. The van der Waals surface area contributed by atoms with E-state index in [0.717, 1.165) is 5.69 Å². The van der Waals surface area contributed by atoms with Crippen LogP contribution in [0.1, 0.15) is 5.69 Å². The number of fused-ring (bicyclic) bond motifs is 1. The Kier molecular flexibility index (Phi) is 1.09. The number of amides is 2. The van der Waals surface area contributed by atoms with E-state index < -0.39 is 0 Å². The van der Waals surface area contributed by atoms with Crippen molar-refractivity contribution in [2.75, 3.05) is 5.32 Å². The number of carbonyl (C=O) groups is 1. The van der Waals surface area contributed by atoms with Gasteiger partial charge in [0, 0.05) is 7.05 Å². The molecule has 1 aliphatic heterocycles. The molecule has 1 aliphatic rings. The van der Waals surface area contributed by atoms with Crippen LogP contribution in [0.2, 0.25) is 0 Å². The number of rotatable bonds is 0. The number of aryl methyl sites for hydroxylation is 1. The van der Waals surface area contributed by atoms with Crippen molar-refractivity contribution in [3.63, 3.8) is 0 Å². The van der Waals surface area contributed by atoms with E-state index in [2.05, 4.69) is 20.8 Å². The number of urea groups is 1. The maximum atomic E-state index is 10.7. The molecule has 0 unspecified atom stereocenters. The van der Waals surface area contributed by atoms with E-state index in [4.69, 9.17) is 0 Å². The van der Waals surface area contributed by atoms with Crippen LogP contribution in [0, 0.1) is 0 Å². The molecule has 2 rings (SSSR count). The minimum absolute atomic E-state index is 0.224. The molecule has 2 N–H and O–H groups in total. The van der Waals surface area contributed by atoms with E-state index in [0.29, 0.717) is 12.4 Å². The van der Waals surface area contributed by atoms with E-state index in [1.165, 1.54) is 4.80 Å². The molecule has 0 aromatic carbocycles. The first-order valence-corrected chi connectivity index (χ1v) is 3.21. The summed E-state index contributed by atoms with van der Waals surface area (Å²) in [4.78, 5) is 12.2. The topological polar surface area (TPSA) is 71.8 Å². The van der Waals surface area contributed by atoms with Crippen LogP contribution >= 0.6 is 0 Å². The summed E-state index contributed by atoms with van der Waals surface area (Å²) in [6.45, 7) is 0.453. The number of aromatic nitrogens is 3. The van der Waals surface area contributed by atoms with Gasteiger partial charge in [0.15, 0.2) is 5.82 Å². The number of nitrogens with one attached hydrogen (secondary N) is 2. The van der Waals surface area contributed by atoms with Gasteiger partial charge < -0.3 is 5.32 Å². The average molecular weight is 153 g/mol. The van der Waals surface area contributed by atoms with Crippen molar-refractivity contribution in [1.29, 1.82) is 0 Å². The Morgan fingerprint density at radius 1 is 1.55 bits per heavy atom. The molecule has 0 spiro atoms. The van der Waals surface area contributed by atoms with Crippen LogP contribution in [-0.4, -0.2) is 21.0 Å². The summed E-state index contributed by atoms with van der Waals surface area (Å²) in [5, 5.41) is 13.1. The number of hydrogen-bond acceptors (Lipinski definition) is 3. The van der Waals surface area contributed by atoms with E-state index >= 15 is 0 Å². The lowest BCUT2D eigenvalue weighted by Crippen LogP contribution is -2.33. The van der Waals surface area contributed by atoms with Gasteiger partial charge in [0.25, 0.3) is 0 Å². The van der Waals surface area contributed by atoms with Crippen LogP contribution < -0.4 is 10.6 Å². The van der Waals surface area contributed by atoms with Gasteiger partial charge in [0.1, 0.15) is 5.69 Å². The summed E-state index contributed by atoms with van der Waals surface area (Å²) in [5.41, 5.74) is 0.770. The Morgan fingerprint density at radius 2 is 2.36 bits per heavy atom. The Balaban J connectivity index is 2.41. The molecule has 0 bridgehead atoms. The molecule has 1 aromatic rings. The number of nitrogens with zero attached hydrogens (tertiary/aromatic N) is 3. The SMILES string of the molecule is Cn1nc2c(n1)NC(=O)NC2. The highest BCUT2D eigenvalue weighted by Crippen LogP contribution is 2.11. The van der Waals surface area contributed by atoms with Crippen LogP contribution in [0.5, 0.6) is 0 Å². The molecule has 6 nitrogen and oxygen atoms in total. The molecule has 0 fully saturated rings. The first-order chi connectivity index (χ1) is 5.25. The highest BCUT2D eigenvalue weighted by molar-refractivity contribution is 5.90. The summed E-state index contributed by atoms with van der Waals surface area (Å²) in [6, 6.07) is -0.224. The molecule has 11 heavy (non-hydrogen) atoms. The number of anilines is 1. The minimum atomic E-state index is -0.224. The van der Waals surface area contributed by atoms with E-state index in [1.807, 2.05) is 0 Å². The lowest BCUT2D eigenvalue weighted by atomic mass is 10.4. The maximum absolute atomic E-state index is 10.7. The molecule has 1 aromatic heterocycles. The quantitative estimate of drug-likeness (QED) is 0.525. The predicted octanol–water partition coefficient (Wildman–Crippen LogP) is -0.550. The monoisotopic (exact) mass is 153 g/mol. The van der Waals surface area contributed by atoms with Crippen molar-refractivity contribution in [2.45, 2.75) is 6.54 Å². The van der Waals surface area contributed by atoms with Gasteiger partial charge in [-0.25, -0.2) is 4.79 Å². The summed E-state index contributed by atoms with van der Waals surface area (Å²) in [7, 11) is 1.71. The molecule has 0 radical (unpaired) electrons. The molecule has 0 atom stereocenters. The fourth-order valence-electron chi connectivity index (χ4n) is 0.979. The number of carbonyl (C=O) groups excluding carboxylic acids is 1. The highest BCUT2D eigenvalue weighted by atomic mass is 16.2. The molecule has 0 saturated carbocycles. The first kappa shape index (κ1) is 6.14. The van der Waals surface area contributed by atoms with Gasteiger partial charge in [-0.1, -0.05) is 0 Å². The molecule has 2 heterocycles. The molecular formula is C5H7N5O. The van der Waals surface area contributed by atoms with Gasteiger partial charge in [0.05, 0.1) is 6.54 Å². The van der Waals surface area contributed by atoms with E-state index in [-0.39, 0.29) is 6.03 Å². The summed E-state index contributed by atoms with van der Waals surface area (Å²) < 4.78 is 0. The van der Waals surface area contributed by atoms with Gasteiger partial charge in [-0.3, -0.25) is 5.32 Å². The molecule has 58 valence electrons. The summed E-state index contributed by atoms with van der Waals surface area (Å²) in [5.74, 6) is 0.552. The van der Waals surface area contributed by atoms with Crippen molar-refractivity contribution in [1.82, 2.24) is 20.3 Å². The predicted molar refractivity (Wildman–Crippen MR) is 36.9 cm³/mol. The van der Waals surface area contributed by atoms with Crippen molar-refractivity contribution in [2.24, 2.45) is 7.05 Å². The van der Waals surface area contributed by atoms with Crippen LogP contribution in [0.25, 0.3) is 0 Å². The third kappa shape index (κ3) is 0.917. The average Bonchev–Trinajstić information content (AvgIpc) is 2.27. The van der Waals surface area contributed by atoms with Gasteiger partial charge in [-0.15, -0.1) is 5.10 Å². The van der Waals surface area contributed by atoms with E-state index in [9.17, 15) is 4.79 Å². The third-order valence-corrected chi connectivity index (χ3v) is 1.43. The lowest BCUT2D eigenvalue weighted by molar-refractivity contribution is 0.250. The maximum Gasteiger partial charge on any atom is 0.320 e. The van der Waals surface area contributed by atoms with Crippen LogP contribution in [-0.2, 0) is 13.6 Å². The number of hydrogen-bond donors (Lipinski definition) is 2. The summed E-state index contributed by atoms with van der Waals surface area (Å²) >= 11 is 0. The minimum Gasteiger partial charge on any atom is -0.332 e. The molecule has 2 amide bonds. The molecular weight excluding hydrogens is 146 g/mol. The Hall–Kier alpha value is -1.59. The lowest BCUT2D eigenvalue weighted by Gasteiger charge is -2.09. The second-order valence-electron chi connectivity index (χ2n) is 2.29. The zero-order chi connectivity index (χ0) is 7.84. The van der Waals surface area contributed by atoms with Gasteiger partial charge in [-0.05, 0) is 0 Å². The molecule has 0 saturated heterocycles. The van der Waals surface area contributed by atoms with Gasteiger partial charge >= 0.3 is 6.03 Å². The molecule has 0 aliphatic carbocycles. The Bertz CT molecular complexity index is 304. The Labute approximate surface area is 62.6 Å². The molecule has 6 heteroatoms. The zero-order valence-corrected chi connectivity index (χ0v) is 5.96. The second-order valence-corrected chi connectivity index (χ2v) is 2.29. The van der Waals surface area contributed by atoms with E-state index in [1.54, 1.807) is 7.05 Å². The van der Waals surface area contributed by atoms with Crippen molar-refractivity contribution in [3.05, 3.63) is 5.69 Å². The first-order valence-electron chi connectivity index (χ1n) is 3.21. The fraction of sp³-hybridized carbons (Fsp3) is 0.400. The van der Waals surface area contributed by atoms with Gasteiger partial charge in [-0.2, -0.15) is 9.90 Å². The standard InChI is InChI=1S/C5H7N5O/c1-10-8-3-2-6-5(11)7-4(3)9-10/h2H2,1H3,(H2,6,7,9,11).